The number of aryl methyl sites for hydroxylation is 1. The van der Waals surface area contributed by atoms with Crippen LogP contribution in [0.4, 0.5) is 0 Å². The fourth-order valence-corrected chi connectivity index (χ4v) is 4.56. The summed E-state index contributed by atoms with van der Waals surface area (Å²) in [5.74, 6) is 0.808. The minimum Gasteiger partial charge on any atom is -0.333 e. The van der Waals surface area contributed by atoms with Gasteiger partial charge in [-0.25, -0.2) is 0 Å². The maximum Gasteiger partial charge on any atom is 0.267 e. The summed E-state index contributed by atoms with van der Waals surface area (Å²) in [6.45, 7) is 3.23. The first-order valence-corrected chi connectivity index (χ1v) is 9.63. The van der Waals surface area contributed by atoms with Crippen molar-refractivity contribution in [2.24, 2.45) is 5.92 Å². The van der Waals surface area contributed by atoms with Gasteiger partial charge >= 0.3 is 0 Å². The number of carbonyl (C=O) groups is 1. The second-order valence-corrected chi connectivity index (χ2v) is 7.75. The van der Waals surface area contributed by atoms with Crippen molar-refractivity contribution < 1.29 is 4.79 Å². The number of carbonyl (C=O) groups excluding carboxylic acids is 1. The van der Waals surface area contributed by atoms with Crippen LogP contribution in [-0.4, -0.2) is 37.1 Å². The van der Waals surface area contributed by atoms with Gasteiger partial charge in [-0.2, -0.15) is 5.10 Å². The van der Waals surface area contributed by atoms with Crippen LogP contribution in [0, 0.1) is 12.8 Å². The van der Waals surface area contributed by atoms with Crippen LogP contribution in [0.2, 0.25) is 0 Å². The van der Waals surface area contributed by atoms with Gasteiger partial charge in [-0.15, -0.1) is 5.10 Å². The molecule has 6 nitrogen and oxygen atoms in total. The summed E-state index contributed by atoms with van der Waals surface area (Å²) in [6.07, 6.45) is 8.60. The fourth-order valence-electron chi connectivity index (χ4n) is 3.93. The monoisotopic (exact) mass is 345 g/mol. The van der Waals surface area contributed by atoms with Gasteiger partial charge in [0.25, 0.3) is 5.91 Å². The number of nitrogens with one attached hydrogen (secondary N) is 1. The normalized spacial score (nSPS) is 18.6. The second-order valence-electron chi connectivity index (χ2n) is 7.00. The van der Waals surface area contributed by atoms with Crippen LogP contribution in [0.1, 0.15) is 64.4 Å². The standard InChI is InChI=1S/C17H23N5OS/c1-11-16(24-21-18-11)17(23)22-8-7-14-13(10-22)15(20-19-14)9-12-5-3-2-4-6-12/h12H,2-10H2,1H3,(H,19,20). The molecule has 0 saturated heterocycles. The molecule has 24 heavy (non-hydrogen) atoms. The van der Waals surface area contributed by atoms with Gasteiger partial charge in [0.1, 0.15) is 4.88 Å². The smallest absolute Gasteiger partial charge is 0.267 e. The van der Waals surface area contributed by atoms with Gasteiger partial charge < -0.3 is 4.90 Å². The van der Waals surface area contributed by atoms with Crippen molar-refractivity contribution in [3.05, 3.63) is 27.5 Å². The number of rotatable bonds is 3. The summed E-state index contributed by atoms with van der Waals surface area (Å²) < 4.78 is 3.89. The lowest BCUT2D eigenvalue weighted by Gasteiger charge is -2.27. The highest BCUT2D eigenvalue weighted by molar-refractivity contribution is 7.07. The highest BCUT2D eigenvalue weighted by Crippen LogP contribution is 2.30. The summed E-state index contributed by atoms with van der Waals surface area (Å²) in [5, 5.41) is 11.8. The third-order valence-corrected chi connectivity index (χ3v) is 6.17. The van der Waals surface area contributed by atoms with Crippen LogP contribution in [0.3, 0.4) is 0 Å². The maximum absolute atomic E-state index is 12.7. The first-order valence-electron chi connectivity index (χ1n) is 8.85. The van der Waals surface area contributed by atoms with E-state index in [9.17, 15) is 4.79 Å². The molecule has 2 aliphatic rings. The quantitative estimate of drug-likeness (QED) is 0.928. The van der Waals surface area contributed by atoms with E-state index in [2.05, 4.69) is 19.8 Å². The zero-order chi connectivity index (χ0) is 16.5. The number of nitrogens with zero attached hydrogens (tertiary/aromatic N) is 4. The lowest BCUT2D eigenvalue weighted by molar-refractivity contribution is 0.0737. The minimum atomic E-state index is 0.0537. The predicted octanol–water partition coefficient (Wildman–Crippen LogP) is 2.89. The lowest BCUT2D eigenvalue weighted by Crippen LogP contribution is -2.36. The van der Waals surface area contributed by atoms with Gasteiger partial charge in [0, 0.05) is 30.8 Å². The molecule has 0 unspecified atom stereocenters. The Labute approximate surface area is 145 Å². The maximum atomic E-state index is 12.7. The number of H-pyrrole nitrogens is 1. The van der Waals surface area contributed by atoms with E-state index in [1.54, 1.807) is 0 Å². The van der Waals surface area contributed by atoms with Crippen LogP contribution < -0.4 is 0 Å². The molecule has 0 radical (unpaired) electrons. The third kappa shape index (κ3) is 2.97. The molecular formula is C17H23N5OS. The Kier molecular flexibility index (Phi) is 4.35. The average molecular weight is 345 g/mol. The zero-order valence-electron chi connectivity index (χ0n) is 14.0. The van der Waals surface area contributed by atoms with Gasteiger partial charge in [0.05, 0.1) is 11.4 Å². The first-order chi connectivity index (χ1) is 11.7. The van der Waals surface area contributed by atoms with E-state index in [1.807, 2.05) is 11.8 Å². The van der Waals surface area contributed by atoms with Crippen molar-refractivity contribution in [3.63, 3.8) is 0 Å². The van der Waals surface area contributed by atoms with E-state index in [4.69, 9.17) is 0 Å². The molecule has 1 aliphatic carbocycles. The SMILES string of the molecule is Cc1nnsc1C(=O)N1CCc2[nH]nc(CC3CCCCC3)c2C1. The average Bonchev–Trinajstić information content (AvgIpc) is 3.21. The van der Waals surface area contributed by atoms with Gasteiger partial charge in [0.15, 0.2) is 0 Å². The van der Waals surface area contributed by atoms with E-state index in [1.165, 1.54) is 60.6 Å². The largest absolute Gasteiger partial charge is 0.333 e. The Morgan fingerprint density at radius 1 is 1.33 bits per heavy atom. The zero-order valence-corrected chi connectivity index (χ0v) is 14.9. The third-order valence-electron chi connectivity index (χ3n) is 5.36. The molecular weight excluding hydrogens is 322 g/mol. The molecule has 128 valence electrons. The molecule has 1 aliphatic heterocycles. The van der Waals surface area contributed by atoms with Crippen molar-refractivity contribution in [1.29, 1.82) is 0 Å². The Hall–Kier alpha value is -1.76. The predicted molar refractivity (Wildman–Crippen MR) is 92.0 cm³/mol. The summed E-state index contributed by atoms with van der Waals surface area (Å²) in [6, 6.07) is 0. The molecule has 1 saturated carbocycles. The summed E-state index contributed by atoms with van der Waals surface area (Å²) in [5.41, 5.74) is 4.36. The lowest BCUT2D eigenvalue weighted by atomic mass is 9.85. The van der Waals surface area contributed by atoms with E-state index < -0.39 is 0 Å². The molecule has 0 spiro atoms. The molecule has 0 bridgehead atoms. The molecule has 1 fully saturated rings. The number of hydrogen-bond acceptors (Lipinski definition) is 5. The van der Waals surface area contributed by atoms with E-state index in [0.717, 1.165) is 31.0 Å². The van der Waals surface area contributed by atoms with E-state index >= 15 is 0 Å². The fraction of sp³-hybridized carbons (Fsp3) is 0.647. The van der Waals surface area contributed by atoms with Gasteiger partial charge in [-0.05, 0) is 30.8 Å². The molecule has 1 N–H and O–H groups in total. The van der Waals surface area contributed by atoms with Crippen molar-refractivity contribution in [1.82, 2.24) is 24.7 Å². The topological polar surface area (TPSA) is 74.8 Å². The molecule has 3 heterocycles. The van der Waals surface area contributed by atoms with Crippen molar-refractivity contribution in [2.75, 3.05) is 6.54 Å². The van der Waals surface area contributed by atoms with Crippen LogP contribution in [0.25, 0.3) is 0 Å². The van der Waals surface area contributed by atoms with Crippen molar-refractivity contribution >= 4 is 17.4 Å². The van der Waals surface area contributed by atoms with E-state index in [0.29, 0.717) is 11.4 Å². The minimum absolute atomic E-state index is 0.0537. The highest BCUT2D eigenvalue weighted by atomic mass is 32.1. The molecule has 7 heteroatoms. The summed E-state index contributed by atoms with van der Waals surface area (Å²) in [7, 11) is 0. The Balaban J connectivity index is 1.50. The number of aromatic amines is 1. The van der Waals surface area contributed by atoms with Crippen LogP contribution in [-0.2, 0) is 19.4 Å². The summed E-state index contributed by atoms with van der Waals surface area (Å²) >= 11 is 1.19. The highest BCUT2D eigenvalue weighted by Gasteiger charge is 2.28. The van der Waals surface area contributed by atoms with Crippen molar-refractivity contribution in [2.45, 2.75) is 58.4 Å². The first kappa shape index (κ1) is 15.7. The molecule has 2 aromatic rings. The Bertz CT molecular complexity index is 731. The number of amides is 1. The summed E-state index contributed by atoms with van der Waals surface area (Å²) in [4.78, 5) is 15.3. The number of fused-ring (bicyclic) bond motifs is 1. The van der Waals surface area contributed by atoms with Gasteiger partial charge in [-0.3, -0.25) is 9.89 Å². The van der Waals surface area contributed by atoms with Crippen LogP contribution in [0.15, 0.2) is 0 Å². The molecule has 0 aromatic carbocycles. The molecule has 1 amide bonds. The number of aromatic nitrogens is 4. The Morgan fingerprint density at radius 3 is 2.92 bits per heavy atom. The second kappa shape index (κ2) is 6.63. The van der Waals surface area contributed by atoms with Crippen LogP contribution in [0.5, 0.6) is 0 Å². The molecule has 4 rings (SSSR count). The molecule has 0 atom stereocenters. The Morgan fingerprint density at radius 2 is 2.17 bits per heavy atom. The molecule has 2 aromatic heterocycles. The van der Waals surface area contributed by atoms with Crippen LogP contribution >= 0.6 is 11.5 Å². The number of hydrogen-bond donors (Lipinski definition) is 1. The van der Waals surface area contributed by atoms with Crippen molar-refractivity contribution in [3.8, 4) is 0 Å². The van der Waals surface area contributed by atoms with Gasteiger partial charge in [0.2, 0.25) is 0 Å². The van der Waals surface area contributed by atoms with E-state index in [-0.39, 0.29) is 5.91 Å². The van der Waals surface area contributed by atoms with Gasteiger partial charge in [-0.1, -0.05) is 36.6 Å².